The van der Waals surface area contributed by atoms with Gasteiger partial charge in [-0.2, -0.15) is 0 Å². The number of aromatic nitrogens is 1. The second kappa shape index (κ2) is 11.3. The lowest BCUT2D eigenvalue weighted by molar-refractivity contribution is -0.122. The van der Waals surface area contributed by atoms with E-state index in [4.69, 9.17) is 0 Å². The number of rotatable bonds is 6. The quantitative estimate of drug-likeness (QED) is 0.240. The summed E-state index contributed by atoms with van der Waals surface area (Å²) in [4.78, 5) is 58.0. The molecule has 5 aromatic rings. The van der Waals surface area contributed by atoms with E-state index in [1.165, 1.54) is 28.8 Å². The molecule has 4 aromatic carbocycles. The van der Waals surface area contributed by atoms with Gasteiger partial charge in [-0.1, -0.05) is 65.6 Å². The highest BCUT2D eigenvalue weighted by atomic mass is 32.2. The molecule has 1 aromatic heterocycles. The summed E-state index contributed by atoms with van der Waals surface area (Å²) in [6.45, 7) is -0.252. The number of thiazole rings is 1. The Bertz CT molecular complexity index is 2040. The van der Waals surface area contributed by atoms with E-state index in [0.717, 1.165) is 50.0 Å². The summed E-state index contributed by atoms with van der Waals surface area (Å²) < 4.78 is 15.1. The van der Waals surface area contributed by atoms with Crippen LogP contribution in [0.5, 0.6) is 0 Å². The van der Waals surface area contributed by atoms with Gasteiger partial charge in [-0.05, 0) is 64.9 Å². The van der Waals surface area contributed by atoms with Crippen LogP contribution in [0.4, 0.5) is 21.5 Å². The van der Waals surface area contributed by atoms with Gasteiger partial charge in [0.15, 0.2) is 0 Å². The molecule has 7 rings (SSSR count). The van der Waals surface area contributed by atoms with Gasteiger partial charge in [-0.15, -0.1) is 0 Å². The molecular formula is C34H27FN4O4S2. The zero-order valence-corrected chi connectivity index (χ0v) is 25.9. The van der Waals surface area contributed by atoms with Gasteiger partial charge in [0.1, 0.15) is 17.6 Å². The number of imide groups is 1. The maximum atomic E-state index is 14.0. The lowest BCUT2D eigenvalue weighted by Crippen LogP contribution is -2.33. The van der Waals surface area contributed by atoms with Crippen LogP contribution in [0.15, 0.2) is 101 Å². The fourth-order valence-corrected chi connectivity index (χ4v) is 8.82. The molecule has 0 aliphatic carbocycles. The number of hydrogen-bond donors (Lipinski definition) is 1. The summed E-state index contributed by atoms with van der Waals surface area (Å²) in [6.07, 6.45) is 0. The average molecular weight is 639 g/mol. The molecule has 11 heteroatoms. The predicted octanol–water partition coefficient (Wildman–Crippen LogP) is 5.70. The van der Waals surface area contributed by atoms with Crippen molar-refractivity contribution in [3.8, 4) is 0 Å². The highest BCUT2D eigenvalue weighted by Crippen LogP contribution is 2.54. The number of amides is 3. The molecule has 1 saturated heterocycles. The van der Waals surface area contributed by atoms with Crippen molar-refractivity contribution in [1.82, 2.24) is 4.57 Å². The zero-order valence-electron chi connectivity index (χ0n) is 24.3. The number of halogens is 1. The first kappa shape index (κ1) is 29.0. The maximum Gasteiger partial charge on any atom is 0.308 e. The van der Waals surface area contributed by atoms with Crippen molar-refractivity contribution in [3.05, 3.63) is 117 Å². The van der Waals surface area contributed by atoms with Crippen molar-refractivity contribution < 1.29 is 18.8 Å². The van der Waals surface area contributed by atoms with Gasteiger partial charge in [0.05, 0.1) is 16.6 Å². The fraction of sp³-hybridized carbons (Fsp3) is 0.176. The van der Waals surface area contributed by atoms with Gasteiger partial charge in [0.25, 0.3) is 0 Å². The van der Waals surface area contributed by atoms with Gasteiger partial charge in [-0.3, -0.25) is 23.7 Å². The largest absolute Gasteiger partial charge is 0.378 e. The minimum Gasteiger partial charge on any atom is -0.378 e. The number of carbonyl (C=O) groups excluding carboxylic acids is 3. The zero-order chi connectivity index (χ0) is 31.4. The van der Waals surface area contributed by atoms with Crippen LogP contribution in [0.1, 0.15) is 16.4 Å². The first-order valence-corrected chi connectivity index (χ1v) is 16.0. The Kier molecular flexibility index (Phi) is 7.29. The third-order valence-electron chi connectivity index (χ3n) is 8.24. The van der Waals surface area contributed by atoms with E-state index >= 15 is 0 Å². The molecule has 0 spiro atoms. The summed E-state index contributed by atoms with van der Waals surface area (Å²) in [5.74, 6) is -3.08. The fourth-order valence-electron chi connectivity index (χ4n) is 6.05. The molecule has 1 fully saturated rings. The minimum atomic E-state index is -0.836. The normalized spacial score (nSPS) is 19.0. The monoisotopic (exact) mass is 638 g/mol. The van der Waals surface area contributed by atoms with E-state index in [0.29, 0.717) is 21.3 Å². The molecular weight excluding hydrogens is 612 g/mol. The van der Waals surface area contributed by atoms with E-state index < -0.39 is 34.7 Å². The molecule has 45 heavy (non-hydrogen) atoms. The van der Waals surface area contributed by atoms with Crippen LogP contribution >= 0.6 is 23.1 Å². The van der Waals surface area contributed by atoms with Crippen molar-refractivity contribution >= 4 is 68.7 Å². The Hall–Kier alpha value is -4.74. The molecule has 3 amide bonds. The van der Waals surface area contributed by atoms with Crippen LogP contribution in [-0.4, -0.2) is 41.6 Å². The summed E-state index contributed by atoms with van der Waals surface area (Å²) in [5.41, 5.74) is 2.64. The smallest absolute Gasteiger partial charge is 0.308 e. The third-order valence-corrected chi connectivity index (χ3v) is 10.8. The van der Waals surface area contributed by atoms with E-state index in [1.54, 1.807) is 0 Å². The van der Waals surface area contributed by atoms with Gasteiger partial charge in [0.2, 0.25) is 17.7 Å². The molecule has 0 bridgehead atoms. The van der Waals surface area contributed by atoms with Gasteiger partial charge < -0.3 is 10.2 Å². The van der Waals surface area contributed by atoms with Crippen LogP contribution in [0.25, 0.3) is 10.8 Å². The van der Waals surface area contributed by atoms with Crippen LogP contribution < -0.4 is 20.0 Å². The second-order valence-corrected chi connectivity index (χ2v) is 13.4. The molecule has 8 nitrogen and oxygen atoms in total. The second-order valence-electron chi connectivity index (χ2n) is 11.2. The molecule has 0 radical (unpaired) electrons. The van der Waals surface area contributed by atoms with Crippen molar-refractivity contribution in [2.75, 3.05) is 29.2 Å². The Morgan fingerprint density at radius 1 is 0.889 bits per heavy atom. The molecule has 3 atom stereocenters. The lowest BCUT2D eigenvalue weighted by Gasteiger charge is -2.31. The first-order chi connectivity index (χ1) is 21.7. The van der Waals surface area contributed by atoms with Gasteiger partial charge in [-0.25, -0.2) is 9.29 Å². The molecule has 3 heterocycles. The standard InChI is InChI=1S/C34H27FN4O4S2/c1-37(2)24-13-8-20(9-14-24)27-28-29(32(42)39(31(28)41)25-15-10-22(35)11-16-25)44-33-30(27)45-34(43)38(33)18-26(40)36-23-12-7-19-5-3-4-6-21(19)17-23/h3-17,27-29H,18H2,1-2H3,(H,36,40)/t27-,28?,29?/m1/s1. The molecule has 1 N–H and O–H groups in total. The van der Waals surface area contributed by atoms with E-state index in [-0.39, 0.29) is 17.3 Å². The van der Waals surface area contributed by atoms with Crippen LogP contribution in [0.2, 0.25) is 0 Å². The highest BCUT2D eigenvalue weighted by molar-refractivity contribution is 8.00. The SMILES string of the molecule is CN(C)c1ccc([C@H]2c3sc(=O)n(CC(=O)Nc4ccc5ccccc5c4)c3SC3C(=O)N(c4ccc(F)cc4)C(=O)C32)cc1. The highest BCUT2D eigenvalue weighted by Gasteiger charge is 2.56. The molecule has 2 aliphatic rings. The molecule has 226 valence electrons. The van der Waals surface area contributed by atoms with Crippen LogP contribution in [0, 0.1) is 11.7 Å². The lowest BCUT2D eigenvalue weighted by atomic mass is 9.83. The Labute approximate surface area is 266 Å². The van der Waals surface area contributed by atoms with Crippen molar-refractivity contribution in [2.45, 2.75) is 22.7 Å². The molecule has 0 saturated carbocycles. The predicted molar refractivity (Wildman–Crippen MR) is 176 cm³/mol. The first-order valence-electron chi connectivity index (χ1n) is 14.3. The number of benzene rings is 4. The van der Waals surface area contributed by atoms with E-state index in [2.05, 4.69) is 5.32 Å². The molecule has 2 aliphatic heterocycles. The number of thioether (sulfide) groups is 1. The van der Waals surface area contributed by atoms with Gasteiger partial charge in [0, 0.05) is 36.3 Å². The Balaban J connectivity index is 1.26. The Morgan fingerprint density at radius 3 is 2.31 bits per heavy atom. The summed E-state index contributed by atoms with van der Waals surface area (Å²) in [5, 5.41) is 4.57. The number of carbonyl (C=O) groups is 3. The average Bonchev–Trinajstić information content (AvgIpc) is 3.47. The van der Waals surface area contributed by atoms with Crippen LogP contribution in [-0.2, 0) is 20.9 Å². The number of anilines is 3. The van der Waals surface area contributed by atoms with Crippen LogP contribution in [0.3, 0.4) is 0 Å². The van der Waals surface area contributed by atoms with Gasteiger partial charge >= 0.3 is 4.87 Å². The van der Waals surface area contributed by atoms with Crippen molar-refractivity contribution in [2.24, 2.45) is 5.92 Å². The van der Waals surface area contributed by atoms with Crippen molar-refractivity contribution in [3.63, 3.8) is 0 Å². The number of nitrogens with one attached hydrogen (secondary N) is 1. The number of fused-ring (bicyclic) bond motifs is 3. The van der Waals surface area contributed by atoms with E-state index in [1.807, 2.05) is 85.7 Å². The Morgan fingerprint density at radius 2 is 1.60 bits per heavy atom. The maximum absolute atomic E-state index is 14.0. The summed E-state index contributed by atoms with van der Waals surface area (Å²) in [6, 6.07) is 26.4. The summed E-state index contributed by atoms with van der Waals surface area (Å²) in [7, 11) is 3.85. The third kappa shape index (κ3) is 5.11. The number of hydrogen-bond acceptors (Lipinski definition) is 7. The van der Waals surface area contributed by atoms with Crippen molar-refractivity contribution in [1.29, 1.82) is 0 Å². The summed E-state index contributed by atoms with van der Waals surface area (Å²) >= 11 is 2.14. The number of nitrogens with zero attached hydrogens (tertiary/aromatic N) is 3. The van der Waals surface area contributed by atoms with E-state index in [9.17, 15) is 23.6 Å². The minimum absolute atomic E-state index is 0.252. The topological polar surface area (TPSA) is 91.7 Å². The molecule has 2 unspecified atom stereocenters.